The Kier molecular flexibility index (Phi) is 6.12. The lowest BCUT2D eigenvalue weighted by atomic mass is 10.0. The van der Waals surface area contributed by atoms with E-state index >= 15 is 0 Å². The van der Waals surface area contributed by atoms with Gasteiger partial charge in [0.15, 0.2) is 0 Å². The standard InChI is InChI=1S/C25H26N2O5S/c1-16-6-4-8-21(12-16)33(30,31)27-15-20(13-17(2)25(28)29)32-24-11-10-19(14-23(24)27)22-9-5-7-18(3)26-22/h4-12,14,17,20H,13,15H2,1-3H3,(H,28,29)/t17-,20-/m0/s1. The largest absolute Gasteiger partial charge is 0.486 e. The molecule has 7 nitrogen and oxygen atoms in total. The molecule has 0 fully saturated rings. The first kappa shape index (κ1) is 22.8. The third kappa shape index (κ3) is 4.71. The summed E-state index contributed by atoms with van der Waals surface area (Å²) in [6, 6.07) is 17.7. The highest BCUT2D eigenvalue weighted by molar-refractivity contribution is 7.92. The molecular formula is C25H26N2O5S. The average Bonchev–Trinajstić information content (AvgIpc) is 2.78. The van der Waals surface area contributed by atoms with E-state index in [0.29, 0.717) is 11.4 Å². The summed E-state index contributed by atoms with van der Waals surface area (Å²) in [5.41, 5.74) is 3.60. The molecular weight excluding hydrogens is 440 g/mol. The Bertz CT molecular complexity index is 1310. The van der Waals surface area contributed by atoms with Crippen LogP contribution in [0.3, 0.4) is 0 Å². The summed E-state index contributed by atoms with van der Waals surface area (Å²) in [6.07, 6.45) is -0.401. The van der Waals surface area contributed by atoms with Crippen molar-refractivity contribution in [3.05, 3.63) is 71.9 Å². The number of nitrogens with zero attached hydrogens (tertiary/aromatic N) is 2. The molecule has 1 aliphatic rings. The van der Waals surface area contributed by atoms with Crippen molar-refractivity contribution in [2.75, 3.05) is 10.8 Å². The quantitative estimate of drug-likeness (QED) is 0.577. The molecule has 0 bridgehead atoms. The van der Waals surface area contributed by atoms with E-state index < -0.39 is 28.0 Å². The third-order valence-corrected chi connectivity index (χ3v) is 7.47. The number of carboxylic acids is 1. The van der Waals surface area contributed by atoms with Crippen LogP contribution in [0.1, 0.15) is 24.6 Å². The van der Waals surface area contributed by atoms with Crippen LogP contribution in [0.25, 0.3) is 11.3 Å². The fourth-order valence-corrected chi connectivity index (χ4v) is 5.53. The van der Waals surface area contributed by atoms with Gasteiger partial charge in [0.05, 0.1) is 28.7 Å². The number of aromatic nitrogens is 1. The number of fused-ring (bicyclic) bond motifs is 1. The SMILES string of the molecule is Cc1cccc(S(=O)(=O)N2C[C@H](C[C@H](C)C(=O)O)Oc3ccc(-c4cccc(C)n4)cc32)c1. The first-order valence-electron chi connectivity index (χ1n) is 10.7. The molecule has 33 heavy (non-hydrogen) atoms. The molecule has 0 spiro atoms. The number of carboxylic acid groups (broad SMARTS) is 1. The molecule has 2 atom stereocenters. The number of aliphatic carboxylic acids is 1. The second-order valence-corrected chi connectivity index (χ2v) is 10.3. The average molecular weight is 467 g/mol. The molecule has 4 rings (SSSR count). The van der Waals surface area contributed by atoms with Crippen LogP contribution in [-0.2, 0) is 14.8 Å². The minimum absolute atomic E-state index is 0.0194. The molecule has 2 aromatic carbocycles. The van der Waals surface area contributed by atoms with E-state index in [2.05, 4.69) is 4.98 Å². The van der Waals surface area contributed by atoms with Gasteiger partial charge in [-0.3, -0.25) is 14.1 Å². The van der Waals surface area contributed by atoms with Gasteiger partial charge in [-0.2, -0.15) is 0 Å². The number of hydrogen-bond acceptors (Lipinski definition) is 5. The maximum atomic E-state index is 13.7. The molecule has 1 aromatic heterocycles. The number of aryl methyl sites for hydroxylation is 2. The molecule has 1 aliphatic heterocycles. The van der Waals surface area contributed by atoms with Crippen LogP contribution in [-0.4, -0.2) is 37.1 Å². The third-order valence-electron chi connectivity index (χ3n) is 5.69. The van der Waals surface area contributed by atoms with Gasteiger partial charge >= 0.3 is 5.97 Å². The molecule has 0 amide bonds. The van der Waals surface area contributed by atoms with Gasteiger partial charge in [-0.1, -0.05) is 25.1 Å². The highest BCUT2D eigenvalue weighted by Gasteiger charge is 2.36. The Hall–Kier alpha value is -3.39. The van der Waals surface area contributed by atoms with E-state index in [4.69, 9.17) is 4.74 Å². The van der Waals surface area contributed by atoms with Crippen molar-refractivity contribution in [2.24, 2.45) is 5.92 Å². The van der Waals surface area contributed by atoms with Crippen LogP contribution in [0.4, 0.5) is 5.69 Å². The minimum atomic E-state index is -3.91. The molecule has 3 aromatic rings. The molecule has 1 N–H and O–H groups in total. The number of ether oxygens (including phenoxy) is 1. The molecule has 2 heterocycles. The van der Waals surface area contributed by atoms with Gasteiger partial charge in [0, 0.05) is 11.3 Å². The van der Waals surface area contributed by atoms with E-state index in [1.807, 2.05) is 44.2 Å². The maximum Gasteiger partial charge on any atom is 0.306 e. The first-order valence-corrected chi connectivity index (χ1v) is 12.2. The lowest BCUT2D eigenvalue weighted by Gasteiger charge is -2.36. The molecule has 0 unspecified atom stereocenters. The Balaban J connectivity index is 1.81. The van der Waals surface area contributed by atoms with Crippen molar-refractivity contribution >= 4 is 21.7 Å². The van der Waals surface area contributed by atoms with Gasteiger partial charge in [0.2, 0.25) is 0 Å². The number of pyridine rings is 1. The van der Waals surface area contributed by atoms with E-state index in [-0.39, 0.29) is 17.9 Å². The van der Waals surface area contributed by atoms with Crippen molar-refractivity contribution in [1.29, 1.82) is 0 Å². The molecule has 0 saturated carbocycles. The second kappa shape index (κ2) is 8.86. The van der Waals surface area contributed by atoms with Crippen LogP contribution >= 0.6 is 0 Å². The fourth-order valence-electron chi connectivity index (χ4n) is 3.92. The highest BCUT2D eigenvalue weighted by atomic mass is 32.2. The number of anilines is 1. The zero-order chi connectivity index (χ0) is 23.8. The maximum absolute atomic E-state index is 13.7. The number of rotatable bonds is 6. The van der Waals surface area contributed by atoms with E-state index in [1.165, 1.54) is 4.31 Å². The van der Waals surface area contributed by atoms with Gasteiger partial charge in [-0.25, -0.2) is 8.42 Å². The Morgan fingerprint density at radius 1 is 1.15 bits per heavy atom. The van der Waals surface area contributed by atoms with Crippen molar-refractivity contribution in [1.82, 2.24) is 4.98 Å². The van der Waals surface area contributed by atoms with Gasteiger partial charge in [-0.05, 0) is 68.3 Å². The molecule has 172 valence electrons. The topological polar surface area (TPSA) is 96.8 Å². The summed E-state index contributed by atoms with van der Waals surface area (Å²) in [5.74, 6) is -1.22. The van der Waals surface area contributed by atoms with Crippen molar-refractivity contribution in [2.45, 2.75) is 38.2 Å². The van der Waals surface area contributed by atoms with Crippen LogP contribution < -0.4 is 9.04 Å². The zero-order valence-corrected chi connectivity index (χ0v) is 19.5. The predicted octanol–water partition coefficient (Wildman–Crippen LogP) is 4.43. The van der Waals surface area contributed by atoms with Crippen molar-refractivity contribution in [3.63, 3.8) is 0 Å². The summed E-state index contributed by atoms with van der Waals surface area (Å²) < 4.78 is 34.8. The Morgan fingerprint density at radius 3 is 2.61 bits per heavy atom. The Labute approximate surface area is 193 Å². The fraction of sp³-hybridized carbons (Fsp3) is 0.280. The number of benzene rings is 2. The predicted molar refractivity (Wildman–Crippen MR) is 126 cm³/mol. The van der Waals surface area contributed by atoms with Gasteiger partial charge in [-0.15, -0.1) is 0 Å². The zero-order valence-electron chi connectivity index (χ0n) is 18.7. The number of carbonyl (C=O) groups is 1. The lowest BCUT2D eigenvalue weighted by Crippen LogP contribution is -2.44. The monoisotopic (exact) mass is 466 g/mol. The smallest absolute Gasteiger partial charge is 0.306 e. The van der Waals surface area contributed by atoms with E-state index in [0.717, 1.165) is 22.5 Å². The summed E-state index contributed by atoms with van der Waals surface area (Å²) in [5, 5.41) is 9.33. The summed E-state index contributed by atoms with van der Waals surface area (Å²) in [6.45, 7) is 5.34. The summed E-state index contributed by atoms with van der Waals surface area (Å²) in [7, 11) is -3.91. The van der Waals surface area contributed by atoms with Crippen molar-refractivity contribution < 1.29 is 23.1 Å². The van der Waals surface area contributed by atoms with Crippen LogP contribution in [0.2, 0.25) is 0 Å². The number of sulfonamides is 1. The first-order chi connectivity index (χ1) is 15.6. The van der Waals surface area contributed by atoms with Crippen LogP contribution in [0.15, 0.2) is 65.6 Å². The number of hydrogen-bond donors (Lipinski definition) is 1. The van der Waals surface area contributed by atoms with Crippen LogP contribution in [0.5, 0.6) is 5.75 Å². The minimum Gasteiger partial charge on any atom is -0.486 e. The molecule has 0 radical (unpaired) electrons. The van der Waals surface area contributed by atoms with Crippen LogP contribution in [0, 0.1) is 19.8 Å². The highest BCUT2D eigenvalue weighted by Crippen LogP contribution is 2.40. The Morgan fingerprint density at radius 2 is 1.91 bits per heavy atom. The van der Waals surface area contributed by atoms with Gasteiger partial charge in [0.25, 0.3) is 10.0 Å². The van der Waals surface area contributed by atoms with Gasteiger partial charge < -0.3 is 9.84 Å². The van der Waals surface area contributed by atoms with Gasteiger partial charge in [0.1, 0.15) is 11.9 Å². The summed E-state index contributed by atoms with van der Waals surface area (Å²) in [4.78, 5) is 16.1. The van der Waals surface area contributed by atoms with E-state index in [9.17, 15) is 18.3 Å². The summed E-state index contributed by atoms with van der Waals surface area (Å²) >= 11 is 0. The normalized spacial score (nSPS) is 16.6. The van der Waals surface area contributed by atoms with E-state index in [1.54, 1.807) is 37.3 Å². The second-order valence-electron chi connectivity index (χ2n) is 8.41. The molecule has 8 heteroatoms. The molecule has 0 aliphatic carbocycles. The lowest BCUT2D eigenvalue weighted by molar-refractivity contribution is -0.142. The molecule has 0 saturated heterocycles. The van der Waals surface area contributed by atoms with Crippen molar-refractivity contribution in [3.8, 4) is 17.0 Å².